The molecule has 2 heterocycles. The lowest BCUT2D eigenvalue weighted by Gasteiger charge is -2.28. The summed E-state index contributed by atoms with van der Waals surface area (Å²) in [6.07, 6.45) is 4.02. The molecule has 2 atom stereocenters. The molecule has 2 rings (SSSR count). The smallest absolute Gasteiger partial charge is 0.199 e. The number of hydrogen-bond acceptors (Lipinski definition) is 3. The molecule has 1 aromatic rings. The minimum Gasteiger partial charge on any atom is -0.446 e. The maximum atomic E-state index is 11.9. The highest BCUT2D eigenvalue weighted by molar-refractivity contribution is 9.10. The highest BCUT2D eigenvalue weighted by atomic mass is 79.9. The molecule has 0 spiro atoms. The molecule has 88 valence electrons. The zero-order chi connectivity index (χ0) is 11.5. The summed E-state index contributed by atoms with van der Waals surface area (Å²) in [6.45, 7) is 2.17. The molecule has 0 bridgehead atoms. The number of furan rings is 1. The molecule has 4 heteroatoms. The fraction of sp³-hybridized carbons (Fsp3) is 0.583. The number of halogens is 1. The maximum absolute atomic E-state index is 11.9. The van der Waals surface area contributed by atoms with Crippen LogP contribution in [0.15, 0.2) is 21.2 Å². The molecule has 0 aromatic carbocycles. The molecule has 1 aliphatic heterocycles. The van der Waals surface area contributed by atoms with Crippen LogP contribution in [0.3, 0.4) is 0 Å². The summed E-state index contributed by atoms with van der Waals surface area (Å²) >= 11 is 3.20. The third kappa shape index (κ3) is 2.95. The number of piperidine rings is 1. The van der Waals surface area contributed by atoms with E-state index in [2.05, 4.69) is 28.2 Å². The van der Waals surface area contributed by atoms with E-state index in [4.69, 9.17) is 4.42 Å². The molecular weight excluding hydrogens is 270 g/mol. The molecule has 0 amide bonds. The fourth-order valence-electron chi connectivity index (χ4n) is 2.19. The van der Waals surface area contributed by atoms with E-state index in [1.807, 2.05) is 0 Å². The van der Waals surface area contributed by atoms with Crippen LogP contribution in [0.2, 0.25) is 0 Å². The molecule has 0 aliphatic carbocycles. The zero-order valence-electron chi connectivity index (χ0n) is 9.33. The third-order valence-corrected chi connectivity index (χ3v) is 3.42. The summed E-state index contributed by atoms with van der Waals surface area (Å²) in [6, 6.07) is 4.30. The van der Waals surface area contributed by atoms with Crippen molar-refractivity contribution in [2.45, 2.75) is 44.7 Å². The van der Waals surface area contributed by atoms with Crippen molar-refractivity contribution in [1.82, 2.24) is 5.32 Å². The molecule has 0 radical (unpaired) electrons. The van der Waals surface area contributed by atoms with Crippen LogP contribution in [0.25, 0.3) is 0 Å². The second-order valence-electron chi connectivity index (χ2n) is 4.43. The van der Waals surface area contributed by atoms with Gasteiger partial charge in [-0.15, -0.1) is 0 Å². The van der Waals surface area contributed by atoms with Crippen LogP contribution in [0.4, 0.5) is 0 Å². The number of nitrogens with one attached hydrogen (secondary N) is 1. The molecule has 1 fully saturated rings. The Hall–Kier alpha value is -0.610. The van der Waals surface area contributed by atoms with Crippen LogP contribution >= 0.6 is 15.9 Å². The standard InChI is InChI=1S/C12H16BrNO2/c1-8-3-2-4-9(14-8)7-10(15)11-5-6-12(13)16-11/h5-6,8-9,14H,2-4,7H2,1H3. The van der Waals surface area contributed by atoms with E-state index in [9.17, 15) is 4.79 Å². The van der Waals surface area contributed by atoms with Gasteiger partial charge >= 0.3 is 0 Å². The number of Topliss-reactive ketones (excluding diaryl/α,β-unsaturated/α-hetero) is 1. The Bertz CT molecular complexity index is 375. The summed E-state index contributed by atoms with van der Waals surface area (Å²) in [5, 5.41) is 3.45. The van der Waals surface area contributed by atoms with Crippen LogP contribution in [0.5, 0.6) is 0 Å². The zero-order valence-corrected chi connectivity index (χ0v) is 10.9. The lowest BCUT2D eigenvalue weighted by molar-refractivity contribution is 0.0931. The average Bonchev–Trinajstić information content (AvgIpc) is 2.65. The SMILES string of the molecule is CC1CCCC(CC(=O)c2ccc(Br)o2)N1. The molecular formula is C12H16BrNO2. The van der Waals surface area contributed by atoms with Crippen molar-refractivity contribution in [1.29, 1.82) is 0 Å². The molecule has 1 aromatic heterocycles. The van der Waals surface area contributed by atoms with Gasteiger partial charge in [0.15, 0.2) is 16.2 Å². The van der Waals surface area contributed by atoms with E-state index in [1.54, 1.807) is 12.1 Å². The van der Waals surface area contributed by atoms with Gasteiger partial charge in [-0.05, 0) is 47.8 Å². The quantitative estimate of drug-likeness (QED) is 0.868. The number of rotatable bonds is 3. The average molecular weight is 286 g/mol. The van der Waals surface area contributed by atoms with Gasteiger partial charge in [0, 0.05) is 18.5 Å². The molecule has 1 aliphatic rings. The van der Waals surface area contributed by atoms with Crippen LogP contribution in [-0.2, 0) is 0 Å². The first-order valence-corrected chi connectivity index (χ1v) is 6.49. The highest BCUT2D eigenvalue weighted by Crippen LogP contribution is 2.19. The summed E-state index contributed by atoms with van der Waals surface area (Å²) in [7, 11) is 0. The van der Waals surface area contributed by atoms with E-state index in [-0.39, 0.29) is 5.78 Å². The minimum atomic E-state index is 0.0808. The molecule has 1 N–H and O–H groups in total. The van der Waals surface area contributed by atoms with Gasteiger partial charge in [-0.3, -0.25) is 4.79 Å². The topological polar surface area (TPSA) is 42.2 Å². The number of carbonyl (C=O) groups is 1. The van der Waals surface area contributed by atoms with Crippen LogP contribution in [-0.4, -0.2) is 17.9 Å². The van der Waals surface area contributed by atoms with Crippen LogP contribution < -0.4 is 5.32 Å². The van der Waals surface area contributed by atoms with Crippen LogP contribution in [0.1, 0.15) is 43.2 Å². The number of ketones is 1. The van der Waals surface area contributed by atoms with Crippen molar-refractivity contribution >= 4 is 21.7 Å². The van der Waals surface area contributed by atoms with Gasteiger partial charge in [0.1, 0.15) is 0 Å². The molecule has 16 heavy (non-hydrogen) atoms. The monoisotopic (exact) mass is 285 g/mol. The Morgan fingerprint density at radius 1 is 1.56 bits per heavy atom. The first kappa shape index (κ1) is 11.9. The van der Waals surface area contributed by atoms with Gasteiger partial charge in [0.05, 0.1) is 0 Å². The molecule has 0 saturated carbocycles. The van der Waals surface area contributed by atoms with Crippen LogP contribution in [0, 0.1) is 0 Å². The highest BCUT2D eigenvalue weighted by Gasteiger charge is 2.22. The second-order valence-corrected chi connectivity index (χ2v) is 5.21. The lowest BCUT2D eigenvalue weighted by atomic mass is 9.95. The minimum absolute atomic E-state index is 0.0808. The van der Waals surface area contributed by atoms with E-state index in [0.29, 0.717) is 28.9 Å². The van der Waals surface area contributed by atoms with Crippen molar-refractivity contribution in [3.05, 3.63) is 22.6 Å². The first-order chi connectivity index (χ1) is 7.65. The van der Waals surface area contributed by atoms with Crippen molar-refractivity contribution in [3.8, 4) is 0 Å². The summed E-state index contributed by atoms with van der Waals surface area (Å²) in [5.74, 6) is 0.532. The summed E-state index contributed by atoms with van der Waals surface area (Å²) < 4.78 is 5.86. The van der Waals surface area contributed by atoms with Gasteiger partial charge in [0.2, 0.25) is 0 Å². The molecule has 1 saturated heterocycles. The van der Waals surface area contributed by atoms with E-state index in [0.717, 1.165) is 6.42 Å². The largest absolute Gasteiger partial charge is 0.446 e. The Labute approximate surface area is 104 Å². The van der Waals surface area contributed by atoms with Crippen molar-refractivity contribution in [2.75, 3.05) is 0 Å². The van der Waals surface area contributed by atoms with Crippen molar-refractivity contribution < 1.29 is 9.21 Å². The van der Waals surface area contributed by atoms with Gasteiger partial charge in [0.25, 0.3) is 0 Å². The normalized spacial score (nSPS) is 25.6. The van der Waals surface area contributed by atoms with E-state index < -0.39 is 0 Å². The fourth-order valence-corrected chi connectivity index (χ4v) is 2.50. The lowest BCUT2D eigenvalue weighted by Crippen LogP contribution is -2.41. The molecule has 3 nitrogen and oxygen atoms in total. The van der Waals surface area contributed by atoms with Gasteiger partial charge in [-0.1, -0.05) is 6.42 Å². The Kier molecular flexibility index (Phi) is 3.82. The van der Waals surface area contributed by atoms with Crippen molar-refractivity contribution in [3.63, 3.8) is 0 Å². The number of hydrogen-bond donors (Lipinski definition) is 1. The Morgan fingerprint density at radius 2 is 2.38 bits per heavy atom. The summed E-state index contributed by atoms with van der Waals surface area (Å²) in [4.78, 5) is 11.9. The predicted octanol–water partition coefficient (Wildman–Crippen LogP) is 3.15. The summed E-state index contributed by atoms with van der Waals surface area (Å²) in [5.41, 5.74) is 0. The first-order valence-electron chi connectivity index (χ1n) is 5.70. The predicted molar refractivity (Wildman–Crippen MR) is 65.6 cm³/mol. The third-order valence-electron chi connectivity index (χ3n) is 2.99. The Balaban J connectivity index is 1.92. The second kappa shape index (κ2) is 5.15. The van der Waals surface area contributed by atoms with E-state index in [1.165, 1.54) is 12.8 Å². The number of carbonyl (C=O) groups excluding carboxylic acids is 1. The van der Waals surface area contributed by atoms with Gasteiger partial charge in [-0.25, -0.2) is 0 Å². The van der Waals surface area contributed by atoms with Crippen molar-refractivity contribution in [2.24, 2.45) is 0 Å². The Morgan fingerprint density at radius 3 is 3.00 bits per heavy atom. The molecule has 2 unspecified atom stereocenters. The maximum Gasteiger partial charge on any atom is 0.199 e. The van der Waals surface area contributed by atoms with E-state index >= 15 is 0 Å². The van der Waals surface area contributed by atoms with Gasteiger partial charge < -0.3 is 9.73 Å². The van der Waals surface area contributed by atoms with Gasteiger partial charge in [-0.2, -0.15) is 0 Å².